The van der Waals surface area contributed by atoms with Crippen molar-refractivity contribution in [3.63, 3.8) is 0 Å². The van der Waals surface area contributed by atoms with Crippen molar-refractivity contribution in [2.24, 2.45) is 0 Å². The standard InChI is InChI=1S/C13H19OP/c1-9-5-6-10-7-8-14-11(10)12(9)15-13(2,3)4/h5-6,15H,7-8H2,1-4H3. The van der Waals surface area contributed by atoms with Gasteiger partial charge in [-0.3, -0.25) is 0 Å². The Hall–Kier alpha value is -0.550. The van der Waals surface area contributed by atoms with Gasteiger partial charge in [0.15, 0.2) is 0 Å². The predicted molar refractivity (Wildman–Crippen MR) is 68.1 cm³/mol. The molecule has 1 aromatic rings. The molecule has 82 valence electrons. The van der Waals surface area contributed by atoms with Crippen LogP contribution in [0.15, 0.2) is 12.1 Å². The van der Waals surface area contributed by atoms with Crippen LogP contribution in [0.4, 0.5) is 0 Å². The summed E-state index contributed by atoms with van der Waals surface area (Å²) in [6.45, 7) is 9.92. The van der Waals surface area contributed by atoms with Gasteiger partial charge in [-0.15, -0.1) is 0 Å². The number of hydrogen-bond acceptors (Lipinski definition) is 1. The van der Waals surface area contributed by atoms with Gasteiger partial charge >= 0.3 is 0 Å². The average molecular weight is 222 g/mol. The van der Waals surface area contributed by atoms with Crippen molar-refractivity contribution in [1.29, 1.82) is 0 Å². The molecule has 1 nitrogen and oxygen atoms in total. The van der Waals surface area contributed by atoms with Crippen molar-refractivity contribution in [2.45, 2.75) is 39.3 Å². The molecule has 0 bridgehead atoms. The second kappa shape index (κ2) is 3.79. The highest BCUT2D eigenvalue weighted by Gasteiger charge is 2.21. The topological polar surface area (TPSA) is 9.23 Å². The maximum atomic E-state index is 5.76. The van der Waals surface area contributed by atoms with Crippen molar-refractivity contribution in [3.05, 3.63) is 23.3 Å². The molecule has 2 heteroatoms. The fourth-order valence-electron chi connectivity index (χ4n) is 1.88. The van der Waals surface area contributed by atoms with E-state index in [0.717, 1.165) is 21.6 Å². The molecule has 0 fully saturated rings. The first-order valence-corrected chi connectivity index (χ1v) is 6.51. The van der Waals surface area contributed by atoms with E-state index in [1.54, 1.807) is 0 Å². The number of hydrogen-bond donors (Lipinski definition) is 0. The molecule has 0 spiro atoms. The second-order valence-corrected chi connectivity index (χ2v) is 7.47. The van der Waals surface area contributed by atoms with E-state index in [4.69, 9.17) is 4.74 Å². The van der Waals surface area contributed by atoms with Gasteiger partial charge in [-0.25, -0.2) is 0 Å². The summed E-state index contributed by atoms with van der Waals surface area (Å²) in [4.78, 5) is 0. The van der Waals surface area contributed by atoms with E-state index in [0.29, 0.717) is 5.16 Å². The Morgan fingerprint density at radius 2 is 2.00 bits per heavy atom. The molecule has 1 aliphatic rings. The lowest BCUT2D eigenvalue weighted by Crippen LogP contribution is -2.15. The number of rotatable bonds is 1. The zero-order chi connectivity index (χ0) is 11.1. The largest absolute Gasteiger partial charge is 0.492 e. The van der Waals surface area contributed by atoms with E-state index >= 15 is 0 Å². The van der Waals surface area contributed by atoms with Gasteiger partial charge in [0.05, 0.1) is 6.61 Å². The van der Waals surface area contributed by atoms with Gasteiger partial charge in [0.2, 0.25) is 0 Å². The normalized spacial score (nSPS) is 15.7. The van der Waals surface area contributed by atoms with E-state index in [9.17, 15) is 0 Å². The Kier molecular flexibility index (Phi) is 2.77. The molecule has 1 aliphatic heterocycles. The summed E-state index contributed by atoms with van der Waals surface area (Å²) in [6.07, 6.45) is 1.08. The zero-order valence-electron chi connectivity index (χ0n) is 9.98. The monoisotopic (exact) mass is 222 g/mol. The zero-order valence-corrected chi connectivity index (χ0v) is 11.0. The molecule has 1 unspecified atom stereocenters. The summed E-state index contributed by atoms with van der Waals surface area (Å²) >= 11 is 0. The Bertz CT molecular complexity index is 377. The van der Waals surface area contributed by atoms with Gasteiger partial charge in [-0.2, -0.15) is 0 Å². The van der Waals surface area contributed by atoms with Crippen molar-refractivity contribution >= 4 is 13.9 Å². The molecule has 0 aliphatic carbocycles. The van der Waals surface area contributed by atoms with E-state index < -0.39 is 0 Å². The van der Waals surface area contributed by atoms with Crippen LogP contribution in [-0.2, 0) is 6.42 Å². The molecule has 15 heavy (non-hydrogen) atoms. The average Bonchev–Trinajstić information content (AvgIpc) is 2.56. The van der Waals surface area contributed by atoms with Crippen LogP contribution in [0.5, 0.6) is 5.75 Å². The Labute approximate surface area is 94.0 Å². The highest BCUT2D eigenvalue weighted by atomic mass is 31.1. The molecule has 0 N–H and O–H groups in total. The minimum atomic E-state index is 0.353. The van der Waals surface area contributed by atoms with Gasteiger partial charge in [-0.05, 0) is 23.2 Å². The Balaban J connectivity index is 2.41. The van der Waals surface area contributed by atoms with Gasteiger partial charge in [0.1, 0.15) is 5.75 Å². The molecular formula is C13H19OP. The van der Waals surface area contributed by atoms with Crippen LogP contribution in [-0.4, -0.2) is 11.8 Å². The van der Waals surface area contributed by atoms with Gasteiger partial charge in [0.25, 0.3) is 0 Å². The van der Waals surface area contributed by atoms with E-state index in [-0.39, 0.29) is 0 Å². The van der Waals surface area contributed by atoms with Crippen LogP contribution < -0.4 is 10.0 Å². The third-order valence-corrected chi connectivity index (χ3v) is 4.19. The molecular weight excluding hydrogens is 203 g/mol. The van der Waals surface area contributed by atoms with Crippen LogP contribution in [0.2, 0.25) is 0 Å². The molecule has 1 atom stereocenters. The number of aryl methyl sites for hydroxylation is 1. The summed E-state index contributed by atoms with van der Waals surface area (Å²) in [7, 11) is 0.830. The van der Waals surface area contributed by atoms with E-state index in [2.05, 4.69) is 39.8 Å². The third kappa shape index (κ3) is 2.34. The summed E-state index contributed by atoms with van der Waals surface area (Å²) in [5, 5.41) is 1.80. The minimum Gasteiger partial charge on any atom is -0.492 e. The van der Waals surface area contributed by atoms with Crippen LogP contribution in [0.25, 0.3) is 0 Å². The lowest BCUT2D eigenvalue weighted by Gasteiger charge is -2.21. The van der Waals surface area contributed by atoms with Crippen LogP contribution in [0, 0.1) is 6.92 Å². The fourth-order valence-corrected chi connectivity index (χ4v) is 3.26. The van der Waals surface area contributed by atoms with Crippen LogP contribution >= 0.6 is 8.58 Å². The maximum Gasteiger partial charge on any atom is 0.130 e. The molecule has 1 heterocycles. The molecule has 1 aromatic carbocycles. The number of benzene rings is 1. The summed E-state index contributed by atoms with van der Waals surface area (Å²) < 4.78 is 5.76. The van der Waals surface area contributed by atoms with Crippen LogP contribution in [0.1, 0.15) is 31.9 Å². The first-order chi connectivity index (χ1) is 6.97. The quantitative estimate of drug-likeness (QED) is 0.664. The molecule has 2 rings (SSSR count). The summed E-state index contributed by atoms with van der Waals surface area (Å²) in [5.74, 6) is 1.18. The number of ether oxygens (including phenoxy) is 1. The van der Waals surface area contributed by atoms with Crippen LogP contribution in [0.3, 0.4) is 0 Å². The van der Waals surface area contributed by atoms with Crippen molar-refractivity contribution in [3.8, 4) is 5.75 Å². The second-order valence-electron chi connectivity index (χ2n) is 5.22. The Morgan fingerprint density at radius 3 is 2.67 bits per heavy atom. The van der Waals surface area contributed by atoms with Gasteiger partial charge in [0, 0.05) is 11.7 Å². The highest BCUT2D eigenvalue weighted by Crippen LogP contribution is 2.37. The maximum absolute atomic E-state index is 5.76. The molecule has 0 amide bonds. The summed E-state index contributed by atoms with van der Waals surface area (Å²) in [5.41, 5.74) is 2.77. The van der Waals surface area contributed by atoms with Crippen molar-refractivity contribution in [1.82, 2.24) is 0 Å². The van der Waals surface area contributed by atoms with Crippen molar-refractivity contribution < 1.29 is 4.74 Å². The SMILES string of the molecule is Cc1ccc2c(c1PC(C)(C)C)OCC2. The predicted octanol–water partition coefficient (Wildman–Crippen LogP) is 3.03. The molecule has 0 radical (unpaired) electrons. The Morgan fingerprint density at radius 1 is 1.27 bits per heavy atom. The van der Waals surface area contributed by atoms with Crippen molar-refractivity contribution in [2.75, 3.05) is 6.61 Å². The smallest absolute Gasteiger partial charge is 0.130 e. The molecule has 0 saturated carbocycles. The first-order valence-electron chi connectivity index (χ1n) is 5.51. The minimum absolute atomic E-state index is 0.353. The molecule has 0 saturated heterocycles. The summed E-state index contributed by atoms with van der Waals surface area (Å²) in [6, 6.07) is 4.45. The lowest BCUT2D eigenvalue weighted by atomic mass is 10.1. The van der Waals surface area contributed by atoms with Gasteiger partial charge in [-0.1, -0.05) is 41.5 Å². The highest BCUT2D eigenvalue weighted by molar-refractivity contribution is 7.49. The first kappa shape index (κ1) is 11.0. The molecule has 0 aromatic heterocycles. The number of fused-ring (bicyclic) bond motifs is 1. The van der Waals surface area contributed by atoms with E-state index in [1.807, 2.05) is 0 Å². The van der Waals surface area contributed by atoms with Gasteiger partial charge < -0.3 is 4.74 Å². The fraction of sp³-hybridized carbons (Fsp3) is 0.538. The van der Waals surface area contributed by atoms with E-state index in [1.165, 1.54) is 22.2 Å². The lowest BCUT2D eigenvalue weighted by molar-refractivity contribution is 0.359. The third-order valence-electron chi connectivity index (χ3n) is 2.57.